The molecule has 4 aliphatic rings. The number of anilines is 12. The van der Waals surface area contributed by atoms with Gasteiger partial charge < -0.3 is 82.7 Å². The van der Waals surface area contributed by atoms with Crippen LogP contribution in [0.15, 0.2) is 128 Å². The fourth-order valence-electron chi connectivity index (χ4n) is 10.9. The van der Waals surface area contributed by atoms with Gasteiger partial charge in [0.1, 0.15) is 124 Å². The van der Waals surface area contributed by atoms with Gasteiger partial charge in [0.05, 0.1) is 62.3 Å². The van der Waals surface area contributed by atoms with Gasteiger partial charge in [0, 0.05) is 82.0 Å². The zero-order valence-corrected chi connectivity index (χ0v) is 54.3. The number of benzene rings is 4. The quantitative estimate of drug-likeness (QED) is 0.0822. The van der Waals surface area contributed by atoms with Crippen molar-refractivity contribution in [1.29, 1.82) is 0 Å². The summed E-state index contributed by atoms with van der Waals surface area (Å²) in [6.07, 6.45) is 6.01. The van der Waals surface area contributed by atoms with Gasteiger partial charge in [0.2, 0.25) is 0 Å². The van der Waals surface area contributed by atoms with E-state index in [-0.39, 0.29) is 35.9 Å². The van der Waals surface area contributed by atoms with Crippen molar-refractivity contribution in [3.8, 4) is 23.0 Å². The predicted molar refractivity (Wildman–Crippen MR) is 370 cm³/mol. The van der Waals surface area contributed by atoms with E-state index >= 15 is 0 Å². The smallest absolute Gasteiger partial charge is 0.256 e. The molecule has 12 aromatic rings. The van der Waals surface area contributed by atoms with Crippen molar-refractivity contribution in [2.45, 2.75) is 13.8 Å². The van der Waals surface area contributed by atoms with Crippen LogP contribution < -0.4 is 82.7 Å². The van der Waals surface area contributed by atoms with Gasteiger partial charge in [-0.3, -0.25) is 19.2 Å². The number of carbonyl (C=O) groups is 4. The Morgan fingerprint density at radius 3 is 1.29 bits per heavy atom. The Bertz CT molecular complexity index is 5070. The summed E-state index contributed by atoms with van der Waals surface area (Å²) >= 11 is 0. The fourth-order valence-corrected chi connectivity index (χ4v) is 10.9. The molecule has 33 heteroatoms. The lowest BCUT2D eigenvalue weighted by atomic mass is 10.2. The highest BCUT2D eigenvalue weighted by atomic mass is 19.1. The number of aryl methyl sites for hydroxylation is 2. The van der Waals surface area contributed by atoms with E-state index < -0.39 is 5.82 Å². The molecule has 0 aliphatic carbocycles. The number of nitrogens with zero attached hydrogens (tertiary/aromatic N) is 12. The highest BCUT2D eigenvalue weighted by Crippen LogP contribution is 2.33. The molecule has 12 heterocycles. The molecule has 8 aromatic heterocycles. The number of aromatic nitrogens is 12. The van der Waals surface area contributed by atoms with Crippen molar-refractivity contribution in [3.63, 3.8) is 0 Å². The summed E-state index contributed by atoms with van der Waals surface area (Å²) in [5, 5.41) is 53.2. The van der Waals surface area contributed by atoms with Gasteiger partial charge in [0.15, 0.2) is 22.6 Å². The molecular weight excluding hydrogens is 1280 g/mol. The minimum atomic E-state index is -0.433. The number of hydrogen-bond donors (Lipinski definition) is 12. The molecule has 0 saturated carbocycles. The Balaban J connectivity index is 0.000000119. The molecule has 0 spiro atoms. The summed E-state index contributed by atoms with van der Waals surface area (Å²) < 4.78 is 43.3. The molecule has 12 N–H and O–H groups in total. The summed E-state index contributed by atoms with van der Waals surface area (Å²) in [5.41, 5.74) is 8.28. The third-order valence-electron chi connectivity index (χ3n) is 15.6. The monoisotopic (exact) mass is 1340 g/mol. The van der Waals surface area contributed by atoms with E-state index in [1.54, 1.807) is 53.9 Å². The Morgan fingerprint density at radius 2 is 0.818 bits per heavy atom. The fraction of sp³-hybridized carbons (Fsp3) is 0.212. The Labute approximate surface area is 562 Å². The average molecular weight is 1340 g/mol. The zero-order chi connectivity index (χ0) is 68.7. The summed E-state index contributed by atoms with van der Waals surface area (Å²) in [4.78, 5) is 67.7. The lowest BCUT2D eigenvalue weighted by molar-refractivity contribution is 0.0940. The SMILES string of the molecule is CNc1cc2nc3c(cnn13)C(=O)NCCOc1cc(C)cc(c1)N2.CNc1cc2nc3c(cnn13)C(=O)NCCOc1cc(ccc1C)N2.CNc1cc2nc3c(cnn13)C(=O)NCCOc1ccc(F)c(c1)N2.CNc1cc2nc3c(cnn13)C(=O)NCCOc1ccccc1N2. The Hall–Kier alpha value is -13.2. The van der Waals surface area contributed by atoms with Gasteiger partial charge in [0.25, 0.3) is 23.6 Å². The number of para-hydroxylation sites is 2. The van der Waals surface area contributed by atoms with Crippen LogP contribution in [-0.4, -0.2) is 163 Å². The van der Waals surface area contributed by atoms with Crippen molar-refractivity contribution in [2.24, 2.45) is 0 Å². The molecule has 99 heavy (non-hydrogen) atoms. The lowest BCUT2D eigenvalue weighted by Crippen LogP contribution is -2.28. The van der Waals surface area contributed by atoms with Crippen LogP contribution in [0.1, 0.15) is 52.6 Å². The van der Waals surface area contributed by atoms with Crippen molar-refractivity contribution in [1.82, 2.24) is 79.7 Å². The Morgan fingerprint density at radius 1 is 0.404 bits per heavy atom. The Kier molecular flexibility index (Phi) is 18.5. The van der Waals surface area contributed by atoms with E-state index in [9.17, 15) is 23.6 Å². The number of ether oxygens (including phenoxy) is 4. The third kappa shape index (κ3) is 14.0. The molecule has 0 atom stereocenters. The van der Waals surface area contributed by atoms with E-state index in [4.69, 9.17) is 18.9 Å². The second-order valence-corrected chi connectivity index (χ2v) is 22.4. The maximum absolute atomic E-state index is 14.1. The topological polar surface area (TPSA) is 370 Å². The van der Waals surface area contributed by atoms with E-state index in [1.165, 1.54) is 41.4 Å². The standard InChI is InChI=1S/2C17H18N6O2.C16H15FN6O2.C16H16N6O2/c1-10-5-11-7-12(6-10)25-4-3-19-17(24)13-9-20-23-15(18-2)8-14(21-11)22-16(13)23;1-10-3-4-11-7-13(10)25-6-5-19-17(24)12-9-20-23-15(18-2)8-14(21-11)22-16(12)23;1-18-14-7-13-21-12-6-9(2-3-11(12)17)25-5-4-19-16(24)10-8-20-23(14)15(10)22-13;1-17-14-8-13-20-11-4-2-3-5-12(11)24-7-6-18-16(23)10-9-19-22(14)15(10)21-13/h5-9,18H,3-4H2,1-2H3,(H,19,24)(H,21,22);3-4,7-9,18H,5-6H2,1-2H3,(H,19,24)(H,21,22);2-3,6-8,18H,4-5H2,1H3,(H,19,24)(H,21,22);2-5,8-9,17H,6-7H2,1H3,(H,18,23)(H,20,21). The molecule has 4 aromatic carbocycles. The molecule has 0 unspecified atom stereocenters. The summed E-state index contributed by atoms with van der Waals surface area (Å²) in [6.45, 7) is 6.86. The molecule has 4 amide bonds. The van der Waals surface area contributed by atoms with Crippen LogP contribution in [0, 0.1) is 19.7 Å². The second kappa shape index (κ2) is 28.4. The third-order valence-corrected chi connectivity index (χ3v) is 15.6. The minimum Gasteiger partial charge on any atom is -0.492 e. The van der Waals surface area contributed by atoms with Gasteiger partial charge in [-0.15, -0.1) is 0 Å². The van der Waals surface area contributed by atoms with Gasteiger partial charge in [-0.2, -0.15) is 38.5 Å². The summed E-state index contributed by atoms with van der Waals surface area (Å²) in [5.74, 6) is 6.27. The number of amides is 4. The van der Waals surface area contributed by atoms with Gasteiger partial charge in [-0.1, -0.05) is 18.2 Å². The lowest BCUT2D eigenvalue weighted by Gasteiger charge is -2.15. The van der Waals surface area contributed by atoms with Crippen molar-refractivity contribution in [2.75, 3.05) is 123 Å². The first-order valence-electron chi connectivity index (χ1n) is 31.3. The minimum absolute atomic E-state index is 0.228. The normalized spacial score (nSPS) is 13.9. The summed E-state index contributed by atoms with van der Waals surface area (Å²) in [7, 11) is 7.11. The highest BCUT2D eigenvalue weighted by molar-refractivity contribution is 6.02. The van der Waals surface area contributed by atoms with Crippen LogP contribution in [0.5, 0.6) is 23.0 Å². The zero-order valence-electron chi connectivity index (χ0n) is 54.3. The molecule has 16 rings (SSSR count). The maximum atomic E-state index is 14.1. The first-order chi connectivity index (χ1) is 48.2. The number of fused-ring (bicyclic) bond motifs is 11. The average Bonchev–Trinajstić information content (AvgIpc) is 1.69. The van der Waals surface area contributed by atoms with Crippen LogP contribution in [0.3, 0.4) is 0 Å². The van der Waals surface area contributed by atoms with Crippen LogP contribution >= 0.6 is 0 Å². The largest absolute Gasteiger partial charge is 0.492 e. The number of hydrogen-bond acceptors (Lipinski definition) is 24. The van der Waals surface area contributed by atoms with Crippen LogP contribution in [0.2, 0.25) is 0 Å². The maximum Gasteiger partial charge on any atom is 0.256 e. The van der Waals surface area contributed by atoms with Crippen molar-refractivity contribution in [3.05, 3.63) is 167 Å². The molecular formula is C66H67FN24O8. The first kappa shape index (κ1) is 64.5. The van der Waals surface area contributed by atoms with Crippen LogP contribution in [0.4, 0.5) is 73.7 Å². The molecule has 0 saturated heterocycles. The van der Waals surface area contributed by atoms with E-state index in [0.29, 0.717) is 131 Å². The van der Waals surface area contributed by atoms with Gasteiger partial charge in [-0.25, -0.2) is 24.3 Å². The van der Waals surface area contributed by atoms with Crippen molar-refractivity contribution < 1.29 is 42.5 Å². The van der Waals surface area contributed by atoms with E-state index in [2.05, 4.69) is 104 Å². The van der Waals surface area contributed by atoms with Crippen LogP contribution in [0.25, 0.3) is 22.6 Å². The van der Waals surface area contributed by atoms with Gasteiger partial charge >= 0.3 is 0 Å². The number of halogens is 1. The number of carbonyl (C=O) groups excluding carboxylic acids is 4. The number of nitrogens with one attached hydrogen (secondary N) is 12. The molecule has 4 aliphatic heterocycles. The van der Waals surface area contributed by atoms with E-state index in [1.807, 2.05) is 92.7 Å². The molecule has 14 bridgehead atoms. The second-order valence-electron chi connectivity index (χ2n) is 22.4. The number of rotatable bonds is 4. The summed E-state index contributed by atoms with van der Waals surface area (Å²) in [6, 6.07) is 30.9. The molecule has 0 radical (unpaired) electrons. The predicted octanol–water partition coefficient (Wildman–Crippen LogP) is 7.30. The van der Waals surface area contributed by atoms with Gasteiger partial charge in [-0.05, 0) is 67.4 Å². The van der Waals surface area contributed by atoms with Crippen LogP contribution in [-0.2, 0) is 0 Å². The molecule has 32 nitrogen and oxygen atoms in total. The van der Waals surface area contributed by atoms with E-state index in [0.717, 1.165) is 57.1 Å². The molecule has 506 valence electrons. The molecule has 0 fully saturated rings. The highest BCUT2D eigenvalue weighted by Gasteiger charge is 2.23. The first-order valence-corrected chi connectivity index (χ1v) is 31.3. The van der Waals surface area contributed by atoms with Crippen molar-refractivity contribution >= 4 is 116 Å².